The molecule has 1 unspecified atom stereocenters. The van der Waals surface area contributed by atoms with Crippen molar-refractivity contribution in [1.29, 1.82) is 0 Å². The van der Waals surface area contributed by atoms with Gasteiger partial charge in [-0.15, -0.1) is 0 Å². The molecule has 3 heterocycles. The lowest BCUT2D eigenvalue weighted by atomic mass is 9.93. The average Bonchev–Trinajstić information content (AvgIpc) is 3.74. The van der Waals surface area contributed by atoms with Crippen LogP contribution in [-0.2, 0) is 16.1 Å². The highest BCUT2D eigenvalue weighted by molar-refractivity contribution is 6.23. The van der Waals surface area contributed by atoms with E-state index in [4.69, 9.17) is 4.42 Å². The van der Waals surface area contributed by atoms with Gasteiger partial charge >= 0.3 is 0 Å². The quantitative estimate of drug-likeness (QED) is 0.113. The van der Waals surface area contributed by atoms with Crippen molar-refractivity contribution < 1.29 is 38.4 Å². The zero-order chi connectivity index (χ0) is 35.1. The summed E-state index contributed by atoms with van der Waals surface area (Å²) < 4.78 is 5.56. The minimum absolute atomic E-state index is 0.0201. The smallest absolute Gasteiger partial charge is 0.269 e. The molecule has 5 amide bonds. The summed E-state index contributed by atoms with van der Waals surface area (Å²) in [5, 5.41) is 27.3. The maximum atomic E-state index is 13.1. The van der Waals surface area contributed by atoms with Crippen LogP contribution in [0.3, 0.4) is 0 Å². The van der Waals surface area contributed by atoms with E-state index in [1.165, 1.54) is 30.5 Å². The van der Waals surface area contributed by atoms with Crippen LogP contribution in [0.5, 0.6) is 5.75 Å². The first kappa shape index (κ1) is 31.7. The second-order valence-corrected chi connectivity index (χ2v) is 11.8. The fraction of sp³-hybridized carbons (Fsp3) is 0.108. The monoisotopic (exact) mass is 670 g/mol. The van der Waals surface area contributed by atoms with Gasteiger partial charge in [-0.05, 0) is 89.3 Å². The van der Waals surface area contributed by atoms with E-state index in [0.29, 0.717) is 39.1 Å². The van der Waals surface area contributed by atoms with Gasteiger partial charge in [-0.25, -0.2) is 0 Å². The van der Waals surface area contributed by atoms with E-state index in [1.807, 2.05) is 0 Å². The van der Waals surface area contributed by atoms with Crippen molar-refractivity contribution in [2.45, 2.75) is 25.4 Å². The number of phenols is 1. The van der Waals surface area contributed by atoms with E-state index < -0.39 is 40.5 Å². The third-order valence-corrected chi connectivity index (χ3v) is 8.72. The molecule has 3 N–H and O–H groups in total. The van der Waals surface area contributed by atoms with Gasteiger partial charge in [-0.3, -0.25) is 44.3 Å². The molecule has 1 atom stereocenters. The number of benzene rings is 4. The molecule has 0 radical (unpaired) electrons. The Bertz CT molecular complexity index is 2230. The minimum atomic E-state index is -1.07. The molecule has 5 aromatic rings. The van der Waals surface area contributed by atoms with Crippen LogP contribution >= 0.6 is 0 Å². The number of rotatable bonds is 8. The van der Waals surface area contributed by atoms with Crippen LogP contribution in [0.4, 0.5) is 5.69 Å². The van der Waals surface area contributed by atoms with Crippen molar-refractivity contribution in [1.82, 2.24) is 15.5 Å². The van der Waals surface area contributed by atoms with E-state index in [1.54, 1.807) is 66.7 Å². The molecule has 1 fully saturated rings. The Morgan fingerprint density at radius 3 is 2.24 bits per heavy atom. The molecule has 0 bridgehead atoms. The van der Waals surface area contributed by atoms with Crippen molar-refractivity contribution in [3.8, 4) is 39.3 Å². The van der Waals surface area contributed by atoms with Gasteiger partial charge in [0, 0.05) is 36.2 Å². The third-order valence-electron chi connectivity index (χ3n) is 8.72. The summed E-state index contributed by atoms with van der Waals surface area (Å²) >= 11 is 0. The second kappa shape index (κ2) is 12.6. The number of amides is 5. The molecule has 4 aromatic carbocycles. The Morgan fingerprint density at radius 2 is 1.56 bits per heavy atom. The molecule has 0 saturated carbocycles. The molecule has 7 rings (SSSR count). The summed E-state index contributed by atoms with van der Waals surface area (Å²) in [7, 11) is 0. The first-order valence-electron chi connectivity index (χ1n) is 15.5. The molecule has 0 spiro atoms. The highest BCUT2D eigenvalue weighted by Gasteiger charge is 2.44. The largest absolute Gasteiger partial charge is 0.507 e. The normalized spacial score (nSPS) is 15.5. The molecule has 248 valence electrons. The van der Waals surface area contributed by atoms with Gasteiger partial charge in [-0.1, -0.05) is 18.2 Å². The maximum Gasteiger partial charge on any atom is 0.269 e. The molecule has 50 heavy (non-hydrogen) atoms. The maximum absolute atomic E-state index is 13.1. The number of carbonyl (C=O) groups excluding carboxylic acids is 5. The molecule has 13 heteroatoms. The van der Waals surface area contributed by atoms with Gasteiger partial charge in [-0.2, -0.15) is 0 Å². The lowest BCUT2D eigenvalue weighted by molar-refractivity contribution is -0.384. The zero-order valence-electron chi connectivity index (χ0n) is 26.0. The SMILES string of the molecule is O=C1CCC(N2C(=O)c3ccc(CNC(=O)c4ccc(-c5cc(-c6ccc([N+](=O)[O-])cc6)c(O)c(-c6ccco6)c5)cc4)cc3C2=O)C(=O)N1. The van der Waals surface area contributed by atoms with E-state index in [2.05, 4.69) is 10.6 Å². The summed E-state index contributed by atoms with van der Waals surface area (Å²) in [5.74, 6) is -2.42. The molecular formula is C37H26N4O9. The first-order valence-corrected chi connectivity index (χ1v) is 15.5. The first-order chi connectivity index (χ1) is 24.1. The number of nitro groups is 1. The lowest BCUT2D eigenvalue weighted by Crippen LogP contribution is -2.54. The molecule has 2 aliphatic heterocycles. The number of nitrogens with one attached hydrogen (secondary N) is 2. The Kier molecular flexibility index (Phi) is 8.00. The highest BCUT2D eigenvalue weighted by Crippen LogP contribution is 2.42. The molecule has 1 aromatic heterocycles. The van der Waals surface area contributed by atoms with Gasteiger partial charge < -0.3 is 14.8 Å². The Morgan fingerprint density at radius 1 is 0.860 bits per heavy atom. The number of furan rings is 1. The number of hydrogen-bond acceptors (Lipinski definition) is 9. The highest BCUT2D eigenvalue weighted by atomic mass is 16.6. The number of nitro benzene ring substituents is 1. The van der Waals surface area contributed by atoms with Gasteiger partial charge in [0.2, 0.25) is 11.8 Å². The van der Waals surface area contributed by atoms with E-state index in [9.17, 15) is 39.2 Å². The minimum Gasteiger partial charge on any atom is -0.507 e. The van der Waals surface area contributed by atoms with Gasteiger partial charge in [0.05, 0.1) is 27.9 Å². The summed E-state index contributed by atoms with van der Waals surface area (Å²) in [4.78, 5) is 74.7. The van der Waals surface area contributed by atoms with Crippen molar-refractivity contribution in [2.24, 2.45) is 0 Å². The summed E-state index contributed by atoms with van der Waals surface area (Å²) in [6, 6.07) is 23.0. The predicted octanol–water partition coefficient (Wildman–Crippen LogP) is 5.23. The molecule has 1 saturated heterocycles. The fourth-order valence-corrected chi connectivity index (χ4v) is 6.13. The van der Waals surface area contributed by atoms with Crippen LogP contribution in [0.2, 0.25) is 0 Å². The van der Waals surface area contributed by atoms with Crippen LogP contribution in [-0.4, -0.2) is 50.5 Å². The number of nitrogens with zero attached hydrogens (tertiary/aromatic N) is 2. The van der Waals surface area contributed by atoms with Crippen molar-refractivity contribution in [2.75, 3.05) is 0 Å². The lowest BCUT2D eigenvalue weighted by Gasteiger charge is -2.27. The van der Waals surface area contributed by atoms with E-state index in [-0.39, 0.29) is 42.0 Å². The number of carbonyl (C=O) groups is 5. The Balaban J connectivity index is 1.08. The average molecular weight is 671 g/mol. The number of piperidine rings is 1. The Hall–Kier alpha value is -6.89. The summed E-state index contributed by atoms with van der Waals surface area (Å²) in [5.41, 5.74) is 3.91. The number of hydrogen-bond donors (Lipinski definition) is 3. The number of imide groups is 2. The summed E-state index contributed by atoms with van der Waals surface area (Å²) in [6.07, 6.45) is 1.56. The van der Waals surface area contributed by atoms with Crippen molar-refractivity contribution >= 4 is 35.2 Å². The Labute approximate surface area is 283 Å². The number of non-ortho nitro benzene ring substituents is 1. The molecular weight excluding hydrogens is 644 g/mol. The second-order valence-electron chi connectivity index (χ2n) is 11.8. The standard InChI is InChI=1S/C37H26N4O9/c42-32-14-13-30(35(45)39-32)40-36(46)26-12-3-20(16-28(26)37(40)47)19-38-34(44)23-6-4-21(5-7-23)24-17-27(22-8-10-25(11-9-22)41(48)49)33(43)29(18-24)31-2-1-15-50-31/h1-12,15-18,30,43H,13-14,19H2,(H,38,44)(H,39,42,45). The van der Waals surface area contributed by atoms with Crippen LogP contribution in [0.25, 0.3) is 33.6 Å². The van der Waals surface area contributed by atoms with Crippen LogP contribution in [0.15, 0.2) is 102 Å². The predicted molar refractivity (Wildman–Crippen MR) is 178 cm³/mol. The van der Waals surface area contributed by atoms with Gasteiger partial charge in [0.15, 0.2) is 0 Å². The molecule has 13 nitrogen and oxygen atoms in total. The molecule has 0 aliphatic carbocycles. The topological polar surface area (TPSA) is 189 Å². The van der Waals surface area contributed by atoms with Crippen LogP contribution in [0, 0.1) is 10.1 Å². The number of phenolic OH excluding ortho intramolecular Hbond substituents is 1. The van der Waals surface area contributed by atoms with Crippen molar-refractivity contribution in [3.05, 3.63) is 130 Å². The molecule has 2 aliphatic rings. The van der Waals surface area contributed by atoms with E-state index in [0.717, 1.165) is 10.5 Å². The summed E-state index contributed by atoms with van der Waals surface area (Å²) in [6.45, 7) is 0.0524. The number of aromatic hydroxyl groups is 1. The van der Waals surface area contributed by atoms with Crippen LogP contribution in [0.1, 0.15) is 49.5 Å². The van der Waals surface area contributed by atoms with Crippen LogP contribution < -0.4 is 10.6 Å². The zero-order valence-corrected chi connectivity index (χ0v) is 26.0. The fourth-order valence-electron chi connectivity index (χ4n) is 6.13. The van der Waals surface area contributed by atoms with Gasteiger partial charge in [0.1, 0.15) is 17.6 Å². The van der Waals surface area contributed by atoms with E-state index >= 15 is 0 Å². The number of fused-ring (bicyclic) bond motifs is 1. The third kappa shape index (κ3) is 5.76. The van der Waals surface area contributed by atoms with Gasteiger partial charge in [0.25, 0.3) is 23.4 Å². The van der Waals surface area contributed by atoms with Crippen molar-refractivity contribution in [3.63, 3.8) is 0 Å².